The van der Waals surface area contributed by atoms with E-state index in [1.54, 1.807) is 7.11 Å². The minimum absolute atomic E-state index is 0.0803. The first-order valence-electron chi connectivity index (χ1n) is 5.22. The second-order valence-corrected chi connectivity index (χ2v) is 3.72. The van der Waals surface area contributed by atoms with Gasteiger partial charge in [-0.05, 0) is 5.92 Å². The van der Waals surface area contributed by atoms with Crippen LogP contribution in [0.3, 0.4) is 0 Å². The molecule has 0 aromatic heterocycles. The van der Waals surface area contributed by atoms with Gasteiger partial charge in [-0.15, -0.1) is 0 Å². The Morgan fingerprint density at radius 3 is 2.75 bits per heavy atom. The van der Waals surface area contributed by atoms with Gasteiger partial charge in [-0.25, -0.2) is 0 Å². The summed E-state index contributed by atoms with van der Waals surface area (Å²) in [5.41, 5.74) is 0.0803. The summed E-state index contributed by atoms with van der Waals surface area (Å²) in [7, 11) is 1.59. The number of nitriles is 1. The van der Waals surface area contributed by atoms with Crippen molar-refractivity contribution >= 4 is 5.91 Å². The Morgan fingerprint density at radius 2 is 2.25 bits per heavy atom. The number of rotatable bonds is 7. The van der Waals surface area contributed by atoms with E-state index in [1.165, 1.54) is 6.20 Å². The van der Waals surface area contributed by atoms with Crippen LogP contribution in [0.4, 0.5) is 0 Å². The summed E-state index contributed by atoms with van der Waals surface area (Å²) in [4.78, 5) is 11.5. The van der Waals surface area contributed by atoms with Crippen molar-refractivity contribution in [1.82, 2.24) is 10.6 Å². The summed E-state index contributed by atoms with van der Waals surface area (Å²) in [6.07, 6.45) is 1.41. The molecule has 0 spiro atoms. The molecule has 0 bridgehead atoms. The first-order chi connectivity index (χ1) is 7.61. The van der Waals surface area contributed by atoms with Crippen molar-refractivity contribution in [3.8, 4) is 6.07 Å². The highest BCUT2D eigenvalue weighted by Crippen LogP contribution is 1.93. The van der Waals surface area contributed by atoms with Crippen molar-refractivity contribution < 1.29 is 9.53 Å². The van der Waals surface area contributed by atoms with E-state index in [-0.39, 0.29) is 11.5 Å². The van der Waals surface area contributed by atoms with Crippen molar-refractivity contribution in [3.05, 3.63) is 11.8 Å². The SMILES string of the molecule is COCCN/C=C(/C#N)C(=O)NCC(C)C. The number of carbonyl (C=O) groups excluding carboxylic acids is 1. The highest BCUT2D eigenvalue weighted by molar-refractivity contribution is 5.97. The molecule has 0 rings (SSSR count). The van der Waals surface area contributed by atoms with Crippen LogP contribution in [0.25, 0.3) is 0 Å². The predicted molar refractivity (Wildman–Crippen MR) is 61.4 cm³/mol. The first kappa shape index (κ1) is 14.5. The molecule has 0 aliphatic heterocycles. The highest BCUT2D eigenvalue weighted by atomic mass is 16.5. The van der Waals surface area contributed by atoms with Crippen molar-refractivity contribution in [1.29, 1.82) is 5.26 Å². The number of amides is 1. The Morgan fingerprint density at radius 1 is 1.56 bits per heavy atom. The number of nitrogens with one attached hydrogen (secondary N) is 2. The van der Waals surface area contributed by atoms with Crippen molar-refractivity contribution in [2.75, 3.05) is 26.8 Å². The third-order valence-electron chi connectivity index (χ3n) is 1.73. The number of ether oxygens (including phenoxy) is 1. The molecule has 90 valence electrons. The van der Waals surface area contributed by atoms with Gasteiger partial charge in [-0.1, -0.05) is 13.8 Å². The maximum atomic E-state index is 11.5. The Bertz CT molecular complexity index is 279. The zero-order valence-electron chi connectivity index (χ0n) is 10.0. The highest BCUT2D eigenvalue weighted by Gasteiger charge is 2.08. The van der Waals surface area contributed by atoms with Gasteiger partial charge in [0.2, 0.25) is 0 Å². The molecule has 0 unspecified atom stereocenters. The molecule has 16 heavy (non-hydrogen) atoms. The third-order valence-corrected chi connectivity index (χ3v) is 1.73. The maximum absolute atomic E-state index is 11.5. The summed E-state index contributed by atoms with van der Waals surface area (Å²) < 4.78 is 4.82. The van der Waals surface area contributed by atoms with Gasteiger partial charge in [-0.3, -0.25) is 4.79 Å². The van der Waals surface area contributed by atoms with E-state index in [2.05, 4.69) is 10.6 Å². The second-order valence-electron chi connectivity index (χ2n) is 3.72. The fourth-order valence-corrected chi connectivity index (χ4v) is 0.876. The van der Waals surface area contributed by atoms with Gasteiger partial charge < -0.3 is 15.4 Å². The lowest BCUT2D eigenvalue weighted by Gasteiger charge is -2.06. The average Bonchev–Trinajstić information content (AvgIpc) is 2.26. The quantitative estimate of drug-likeness (QED) is 0.374. The zero-order valence-corrected chi connectivity index (χ0v) is 10.0. The van der Waals surface area contributed by atoms with Gasteiger partial charge >= 0.3 is 0 Å². The molecule has 0 saturated carbocycles. The van der Waals surface area contributed by atoms with Crippen LogP contribution in [0.15, 0.2) is 11.8 Å². The van der Waals surface area contributed by atoms with E-state index >= 15 is 0 Å². The molecular formula is C11H19N3O2. The van der Waals surface area contributed by atoms with Crippen LogP contribution < -0.4 is 10.6 Å². The smallest absolute Gasteiger partial charge is 0.263 e. The summed E-state index contributed by atoms with van der Waals surface area (Å²) in [6.45, 7) is 5.65. The number of methoxy groups -OCH3 is 1. The van der Waals surface area contributed by atoms with E-state index in [9.17, 15) is 4.79 Å². The summed E-state index contributed by atoms with van der Waals surface area (Å²) in [5.74, 6) is 0.0199. The van der Waals surface area contributed by atoms with Crippen LogP contribution in [0, 0.1) is 17.2 Å². The Kier molecular flexibility index (Phi) is 7.90. The van der Waals surface area contributed by atoms with E-state index in [0.29, 0.717) is 25.6 Å². The number of nitrogens with zero attached hydrogens (tertiary/aromatic N) is 1. The van der Waals surface area contributed by atoms with Gasteiger partial charge in [-0.2, -0.15) is 5.26 Å². The maximum Gasteiger partial charge on any atom is 0.263 e. The molecule has 0 radical (unpaired) electrons. The minimum Gasteiger partial charge on any atom is -0.387 e. The van der Waals surface area contributed by atoms with Crippen molar-refractivity contribution in [2.45, 2.75) is 13.8 Å². The Hall–Kier alpha value is -1.54. The van der Waals surface area contributed by atoms with E-state index in [0.717, 1.165) is 0 Å². The van der Waals surface area contributed by atoms with Crippen LogP contribution in [0.5, 0.6) is 0 Å². The zero-order chi connectivity index (χ0) is 12.4. The molecule has 0 saturated heterocycles. The van der Waals surface area contributed by atoms with Gasteiger partial charge in [0.15, 0.2) is 0 Å². The number of hydrogen-bond acceptors (Lipinski definition) is 4. The van der Waals surface area contributed by atoms with Crippen LogP contribution in [0.1, 0.15) is 13.8 Å². The van der Waals surface area contributed by atoms with Gasteiger partial charge in [0.05, 0.1) is 6.61 Å². The fourth-order valence-electron chi connectivity index (χ4n) is 0.876. The monoisotopic (exact) mass is 225 g/mol. The van der Waals surface area contributed by atoms with Gasteiger partial charge in [0.25, 0.3) is 5.91 Å². The minimum atomic E-state index is -0.346. The lowest BCUT2D eigenvalue weighted by molar-refractivity contribution is -0.117. The van der Waals surface area contributed by atoms with Crippen LogP contribution in [-0.2, 0) is 9.53 Å². The van der Waals surface area contributed by atoms with Crippen molar-refractivity contribution in [2.24, 2.45) is 5.92 Å². The second kappa shape index (κ2) is 8.74. The molecule has 0 aromatic rings. The molecule has 0 aliphatic rings. The summed E-state index contributed by atoms with van der Waals surface area (Å²) >= 11 is 0. The standard InChI is InChI=1S/C11H19N3O2/c1-9(2)7-14-11(15)10(6-12)8-13-4-5-16-3/h8-9,13H,4-5,7H2,1-3H3,(H,14,15)/b10-8-. The van der Waals surface area contributed by atoms with E-state index in [1.807, 2.05) is 19.9 Å². The summed E-state index contributed by atoms with van der Waals surface area (Å²) in [5, 5.41) is 14.3. The molecule has 0 aromatic carbocycles. The lowest BCUT2D eigenvalue weighted by atomic mass is 10.2. The third kappa shape index (κ3) is 6.85. The molecule has 0 heterocycles. The van der Waals surface area contributed by atoms with Crippen LogP contribution >= 0.6 is 0 Å². The largest absolute Gasteiger partial charge is 0.387 e. The Labute approximate surface area is 96.5 Å². The van der Waals surface area contributed by atoms with E-state index < -0.39 is 0 Å². The molecular weight excluding hydrogens is 206 g/mol. The molecule has 0 fully saturated rings. The van der Waals surface area contributed by atoms with Crippen LogP contribution in [-0.4, -0.2) is 32.7 Å². The van der Waals surface area contributed by atoms with Crippen LogP contribution in [0.2, 0.25) is 0 Å². The summed E-state index contributed by atoms with van der Waals surface area (Å²) in [6, 6.07) is 1.85. The lowest BCUT2D eigenvalue weighted by Crippen LogP contribution is -2.29. The molecule has 5 nitrogen and oxygen atoms in total. The first-order valence-corrected chi connectivity index (χ1v) is 5.22. The molecule has 2 N–H and O–H groups in total. The van der Waals surface area contributed by atoms with E-state index in [4.69, 9.17) is 10.00 Å². The van der Waals surface area contributed by atoms with Crippen molar-refractivity contribution in [3.63, 3.8) is 0 Å². The van der Waals surface area contributed by atoms with Gasteiger partial charge in [0, 0.05) is 26.4 Å². The predicted octanol–water partition coefficient (Wildman–Crippen LogP) is 0.402. The molecule has 0 atom stereocenters. The topological polar surface area (TPSA) is 74.1 Å². The molecule has 1 amide bonds. The number of hydrogen-bond donors (Lipinski definition) is 2. The molecule has 5 heteroatoms. The number of carbonyl (C=O) groups is 1. The molecule has 0 aliphatic carbocycles. The Balaban J connectivity index is 4.06. The fraction of sp³-hybridized carbons (Fsp3) is 0.636. The van der Waals surface area contributed by atoms with Gasteiger partial charge in [0.1, 0.15) is 11.6 Å². The normalized spacial score (nSPS) is 11.1. The average molecular weight is 225 g/mol.